The Balaban J connectivity index is 2.41. The van der Waals surface area contributed by atoms with E-state index in [9.17, 15) is 0 Å². The fraction of sp³-hybridized carbons (Fsp3) is 0.143. The quantitative estimate of drug-likeness (QED) is 0.474. The molecule has 1 aliphatic rings. The van der Waals surface area contributed by atoms with Crippen molar-refractivity contribution >= 4 is 27.5 Å². The maximum Gasteiger partial charge on any atom is 0.0488 e. The van der Waals surface area contributed by atoms with Crippen molar-refractivity contribution in [2.75, 3.05) is 4.72 Å². The van der Waals surface area contributed by atoms with Gasteiger partial charge in [-0.05, 0) is 11.6 Å². The van der Waals surface area contributed by atoms with Crippen LogP contribution in [0.3, 0.4) is 0 Å². The van der Waals surface area contributed by atoms with Gasteiger partial charge in [0.15, 0.2) is 0 Å². The van der Waals surface area contributed by atoms with E-state index >= 15 is 0 Å². The second-order valence-corrected chi connectivity index (χ2v) is 4.21. The van der Waals surface area contributed by atoms with E-state index in [1.54, 1.807) is 11.0 Å². The van der Waals surface area contributed by atoms with Gasteiger partial charge >= 0.3 is 0 Å². The molecule has 1 nitrogen and oxygen atoms in total. The summed E-state index contributed by atoms with van der Waals surface area (Å²) in [5, 5.41) is 0. The summed E-state index contributed by atoms with van der Waals surface area (Å²) in [6, 6.07) is 8.41. The van der Waals surface area contributed by atoms with Gasteiger partial charge in [-0.15, -0.1) is 0 Å². The van der Waals surface area contributed by atoms with Gasteiger partial charge in [-0.25, -0.2) is 0 Å². The van der Waals surface area contributed by atoms with Crippen molar-refractivity contribution < 1.29 is 0 Å². The van der Waals surface area contributed by atoms with Crippen molar-refractivity contribution in [3.05, 3.63) is 29.8 Å². The third-order valence-electron chi connectivity index (χ3n) is 1.44. The van der Waals surface area contributed by atoms with E-state index < -0.39 is 0 Å². The van der Waals surface area contributed by atoms with E-state index in [0.29, 0.717) is 0 Å². The third kappa shape index (κ3) is 1.11. The standard InChI is InChI=1S/C7H7NS2/c1-2-4-7-6(3-1)5-9-10-8-7/h1-4,8H,5H2. The monoisotopic (exact) mass is 169 g/mol. The van der Waals surface area contributed by atoms with Crippen LogP contribution in [0.1, 0.15) is 5.56 Å². The molecule has 0 bridgehead atoms. The Bertz CT molecular complexity index is 212. The lowest BCUT2D eigenvalue weighted by atomic mass is 10.2. The van der Waals surface area contributed by atoms with Crippen LogP contribution in [0, 0.1) is 0 Å². The molecular weight excluding hydrogens is 162 g/mol. The summed E-state index contributed by atoms with van der Waals surface area (Å²) < 4.78 is 3.24. The molecule has 0 saturated heterocycles. The third-order valence-corrected chi connectivity index (χ3v) is 3.25. The Kier molecular flexibility index (Phi) is 1.78. The molecule has 1 aliphatic heterocycles. The highest BCUT2D eigenvalue weighted by atomic mass is 33.1. The lowest BCUT2D eigenvalue weighted by molar-refractivity contribution is 1.42. The van der Waals surface area contributed by atoms with Crippen LogP contribution in [0.15, 0.2) is 24.3 Å². The zero-order valence-electron chi connectivity index (χ0n) is 5.33. The number of benzene rings is 1. The average Bonchev–Trinajstić information content (AvgIpc) is 2.05. The highest BCUT2D eigenvalue weighted by molar-refractivity contribution is 8.77. The molecule has 0 aliphatic carbocycles. The first-order valence-electron chi connectivity index (χ1n) is 3.09. The van der Waals surface area contributed by atoms with Gasteiger partial charge in [0.1, 0.15) is 0 Å². The molecule has 1 N–H and O–H groups in total. The van der Waals surface area contributed by atoms with Crippen molar-refractivity contribution in [1.29, 1.82) is 0 Å². The smallest absolute Gasteiger partial charge is 0.0488 e. The van der Waals surface area contributed by atoms with Crippen molar-refractivity contribution in [3.8, 4) is 0 Å². The van der Waals surface area contributed by atoms with E-state index in [1.807, 2.05) is 10.8 Å². The number of hydrogen-bond acceptors (Lipinski definition) is 3. The second kappa shape index (κ2) is 2.76. The van der Waals surface area contributed by atoms with Crippen LogP contribution in [0.4, 0.5) is 5.69 Å². The normalized spacial score (nSPS) is 15.6. The minimum atomic E-state index is 1.12. The number of anilines is 1. The topological polar surface area (TPSA) is 12.0 Å². The molecule has 0 spiro atoms. The fourth-order valence-electron chi connectivity index (χ4n) is 0.913. The van der Waals surface area contributed by atoms with Crippen LogP contribution >= 0.6 is 21.8 Å². The minimum absolute atomic E-state index is 1.12. The Morgan fingerprint density at radius 3 is 3.10 bits per heavy atom. The van der Waals surface area contributed by atoms with Crippen molar-refractivity contribution in [3.63, 3.8) is 0 Å². The Labute approximate surface area is 68.1 Å². The molecule has 3 heteroatoms. The number of fused-ring (bicyclic) bond motifs is 1. The van der Waals surface area contributed by atoms with Gasteiger partial charge in [0.25, 0.3) is 0 Å². The number of rotatable bonds is 0. The lowest BCUT2D eigenvalue weighted by Crippen LogP contribution is -1.94. The zero-order chi connectivity index (χ0) is 6.81. The van der Waals surface area contributed by atoms with Crippen LogP contribution in [0.5, 0.6) is 0 Å². The molecular formula is C7H7NS2. The summed E-state index contributed by atoms with van der Waals surface area (Å²) >= 11 is 0. The van der Waals surface area contributed by atoms with Crippen LogP contribution < -0.4 is 4.72 Å². The average molecular weight is 169 g/mol. The number of hydrogen-bond donors (Lipinski definition) is 1. The molecule has 52 valence electrons. The van der Waals surface area contributed by atoms with Gasteiger partial charge in [-0.1, -0.05) is 29.0 Å². The van der Waals surface area contributed by atoms with E-state index in [-0.39, 0.29) is 0 Å². The molecule has 2 rings (SSSR count). The minimum Gasteiger partial charge on any atom is -0.320 e. The Morgan fingerprint density at radius 2 is 2.20 bits per heavy atom. The van der Waals surface area contributed by atoms with E-state index in [0.717, 1.165) is 5.75 Å². The summed E-state index contributed by atoms with van der Waals surface area (Å²) in [5.74, 6) is 1.12. The highest BCUT2D eigenvalue weighted by Gasteiger charge is 2.06. The van der Waals surface area contributed by atoms with Crippen LogP contribution in [0.25, 0.3) is 0 Å². The first-order chi connectivity index (χ1) is 4.97. The lowest BCUT2D eigenvalue weighted by Gasteiger charge is -2.14. The van der Waals surface area contributed by atoms with Gasteiger partial charge in [0, 0.05) is 22.4 Å². The highest BCUT2D eigenvalue weighted by Crippen LogP contribution is 2.36. The van der Waals surface area contributed by atoms with E-state index in [1.165, 1.54) is 11.3 Å². The van der Waals surface area contributed by atoms with E-state index in [2.05, 4.69) is 29.0 Å². The fourth-order valence-corrected chi connectivity index (χ4v) is 2.70. The molecule has 1 heterocycles. The Morgan fingerprint density at radius 1 is 1.30 bits per heavy atom. The first-order valence-corrected chi connectivity index (χ1v) is 5.41. The van der Waals surface area contributed by atoms with Gasteiger partial charge in [0.2, 0.25) is 0 Å². The van der Waals surface area contributed by atoms with Crippen molar-refractivity contribution in [2.24, 2.45) is 0 Å². The second-order valence-electron chi connectivity index (χ2n) is 2.10. The molecule has 1 aromatic rings. The van der Waals surface area contributed by atoms with Gasteiger partial charge in [0.05, 0.1) is 0 Å². The maximum atomic E-state index is 3.24. The number of para-hydroxylation sites is 1. The molecule has 1 aromatic carbocycles. The summed E-state index contributed by atoms with van der Waals surface area (Å²) in [7, 11) is 3.55. The molecule has 0 unspecified atom stereocenters. The van der Waals surface area contributed by atoms with E-state index in [4.69, 9.17) is 0 Å². The van der Waals surface area contributed by atoms with Crippen molar-refractivity contribution in [1.82, 2.24) is 0 Å². The van der Waals surface area contributed by atoms with Gasteiger partial charge < -0.3 is 4.72 Å². The Hall–Kier alpha value is -0.280. The molecule has 0 saturated carbocycles. The van der Waals surface area contributed by atoms with Gasteiger partial charge in [-0.2, -0.15) is 0 Å². The van der Waals surface area contributed by atoms with Crippen molar-refractivity contribution in [2.45, 2.75) is 5.75 Å². The molecule has 0 atom stereocenters. The summed E-state index contributed by atoms with van der Waals surface area (Å²) in [6.45, 7) is 0. The van der Waals surface area contributed by atoms with Crippen LogP contribution in [-0.4, -0.2) is 0 Å². The largest absolute Gasteiger partial charge is 0.320 e. The summed E-state index contributed by atoms with van der Waals surface area (Å²) in [6.07, 6.45) is 0. The predicted octanol–water partition coefficient (Wildman–Crippen LogP) is 2.91. The molecule has 0 amide bonds. The van der Waals surface area contributed by atoms with Crippen LogP contribution in [-0.2, 0) is 5.75 Å². The SMILES string of the molecule is c1ccc2c(c1)CSSN2. The zero-order valence-corrected chi connectivity index (χ0v) is 6.97. The maximum absolute atomic E-state index is 3.24. The first kappa shape index (κ1) is 6.43. The van der Waals surface area contributed by atoms with Crippen LogP contribution in [0.2, 0.25) is 0 Å². The number of nitrogens with one attached hydrogen (secondary N) is 1. The summed E-state index contributed by atoms with van der Waals surface area (Å²) in [5.41, 5.74) is 2.68. The molecule has 10 heavy (non-hydrogen) atoms. The van der Waals surface area contributed by atoms with Gasteiger partial charge in [-0.3, -0.25) is 0 Å². The summed E-state index contributed by atoms with van der Waals surface area (Å²) in [4.78, 5) is 0. The molecule has 0 aromatic heterocycles. The predicted molar refractivity (Wildman–Crippen MR) is 49.0 cm³/mol. The molecule has 0 radical (unpaired) electrons. The molecule has 0 fully saturated rings.